The normalized spacial score (nSPS) is 19.2. The van der Waals surface area contributed by atoms with Gasteiger partial charge in [0.1, 0.15) is 11.9 Å². The third kappa shape index (κ3) is 5.13. The molecule has 2 heterocycles. The van der Waals surface area contributed by atoms with Crippen molar-refractivity contribution in [3.63, 3.8) is 0 Å². The molecule has 1 N–H and O–H groups in total. The van der Waals surface area contributed by atoms with E-state index in [0.29, 0.717) is 11.3 Å². The number of benzene rings is 1. The second kappa shape index (κ2) is 10.4. The summed E-state index contributed by atoms with van der Waals surface area (Å²) >= 11 is 0. The summed E-state index contributed by atoms with van der Waals surface area (Å²) in [6.07, 6.45) is 2.79. The standard InChI is InChI=1S/C24H29N3O5/c1-17-7-4-5-9-20(17)24(14-22(29)27(23(24)30)11-12-31-3)13-21(28)26-15-18(2)32-19-8-6-10-25-16-19/h4-10,16,18H,11-15H2,1-3H3,(H,26,28)/t18-,24-/m0/s1. The van der Waals surface area contributed by atoms with E-state index >= 15 is 0 Å². The Morgan fingerprint density at radius 3 is 2.72 bits per heavy atom. The van der Waals surface area contributed by atoms with Gasteiger partial charge < -0.3 is 14.8 Å². The van der Waals surface area contributed by atoms with E-state index in [9.17, 15) is 14.4 Å². The summed E-state index contributed by atoms with van der Waals surface area (Å²) in [5.41, 5.74) is 0.338. The van der Waals surface area contributed by atoms with Gasteiger partial charge in [-0.05, 0) is 37.1 Å². The number of aryl methyl sites for hydroxylation is 1. The van der Waals surface area contributed by atoms with Crippen LogP contribution in [0.3, 0.4) is 0 Å². The molecule has 32 heavy (non-hydrogen) atoms. The molecule has 0 bridgehead atoms. The molecule has 8 nitrogen and oxygen atoms in total. The highest BCUT2D eigenvalue weighted by Crippen LogP contribution is 2.41. The summed E-state index contributed by atoms with van der Waals surface area (Å²) in [4.78, 5) is 44.3. The van der Waals surface area contributed by atoms with Gasteiger partial charge in [0.2, 0.25) is 17.7 Å². The Morgan fingerprint density at radius 1 is 1.25 bits per heavy atom. The number of amides is 3. The quantitative estimate of drug-likeness (QED) is 0.569. The fraction of sp³-hybridized carbons (Fsp3) is 0.417. The maximum Gasteiger partial charge on any atom is 0.240 e. The van der Waals surface area contributed by atoms with Gasteiger partial charge in [0.15, 0.2) is 0 Å². The fourth-order valence-corrected chi connectivity index (χ4v) is 4.05. The maximum absolute atomic E-state index is 13.4. The first-order chi connectivity index (χ1) is 15.4. The zero-order chi connectivity index (χ0) is 23.1. The van der Waals surface area contributed by atoms with Gasteiger partial charge in [0, 0.05) is 26.1 Å². The number of aromatic nitrogens is 1. The van der Waals surface area contributed by atoms with Crippen molar-refractivity contribution in [2.45, 2.75) is 38.2 Å². The zero-order valence-electron chi connectivity index (χ0n) is 18.7. The molecule has 1 fully saturated rings. The molecular formula is C24H29N3O5. The van der Waals surface area contributed by atoms with Crippen LogP contribution in [-0.4, -0.2) is 60.5 Å². The van der Waals surface area contributed by atoms with Crippen molar-refractivity contribution in [1.82, 2.24) is 15.2 Å². The molecule has 3 amide bonds. The van der Waals surface area contributed by atoms with Gasteiger partial charge >= 0.3 is 0 Å². The number of rotatable bonds is 10. The third-order valence-electron chi connectivity index (χ3n) is 5.61. The Morgan fingerprint density at radius 2 is 2.03 bits per heavy atom. The zero-order valence-corrected chi connectivity index (χ0v) is 18.7. The van der Waals surface area contributed by atoms with E-state index in [1.54, 1.807) is 24.5 Å². The summed E-state index contributed by atoms with van der Waals surface area (Å²) in [5, 5.41) is 2.85. The number of hydrogen-bond acceptors (Lipinski definition) is 6. The van der Waals surface area contributed by atoms with Crippen molar-refractivity contribution < 1.29 is 23.9 Å². The predicted octanol–water partition coefficient (Wildman–Crippen LogP) is 2.01. The van der Waals surface area contributed by atoms with Crippen LogP contribution in [0.15, 0.2) is 48.8 Å². The Kier molecular flexibility index (Phi) is 7.58. The van der Waals surface area contributed by atoms with E-state index in [0.717, 1.165) is 5.56 Å². The first kappa shape index (κ1) is 23.4. The number of imide groups is 1. The summed E-state index contributed by atoms with van der Waals surface area (Å²) in [7, 11) is 1.52. The van der Waals surface area contributed by atoms with Crippen LogP contribution < -0.4 is 10.1 Å². The topological polar surface area (TPSA) is 97.8 Å². The number of likely N-dealkylation sites (tertiary alicyclic amines) is 1. The Bertz CT molecular complexity index is 965. The third-order valence-corrected chi connectivity index (χ3v) is 5.61. The van der Waals surface area contributed by atoms with Gasteiger partial charge in [-0.15, -0.1) is 0 Å². The number of ether oxygens (including phenoxy) is 2. The van der Waals surface area contributed by atoms with E-state index in [1.807, 2.05) is 38.1 Å². The maximum atomic E-state index is 13.4. The van der Waals surface area contributed by atoms with Crippen molar-refractivity contribution in [3.05, 3.63) is 59.9 Å². The van der Waals surface area contributed by atoms with Crippen molar-refractivity contribution >= 4 is 17.7 Å². The number of nitrogens with one attached hydrogen (secondary N) is 1. The molecule has 1 saturated heterocycles. The highest BCUT2D eigenvalue weighted by atomic mass is 16.5. The molecule has 1 aromatic carbocycles. The molecule has 3 rings (SSSR count). The lowest BCUT2D eigenvalue weighted by Crippen LogP contribution is -2.44. The van der Waals surface area contributed by atoms with Gasteiger partial charge in [-0.3, -0.25) is 24.3 Å². The number of methoxy groups -OCH3 is 1. The minimum absolute atomic E-state index is 0.0461. The van der Waals surface area contributed by atoms with Gasteiger partial charge in [-0.25, -0.2) is 0 Å². The molecule has 2 atom stereocenters. The van der Waals surface area contributed by atoms with Gasteiger partial charge in [0.25, 0.3) is 0 Å². The van der Waals surface area contributed by atoms with Crippen LogP contribution in [0.5, 0.6) is 5.75 Å². The smallest absolute Gasteiger partial charge is 0.240 e. The van der Waals surface area contributed by atoms with Crippen LogP contribution in [0.25, 0.3) is 0 Å². The van der Waals surface area contributed by atoms with Crippen molar-refractivity contribution in [2.24, 2.45) is 0 Å². The lowest BCUT2D eigenvalue weighted by atomic mass is 9.74. The number of pyridine rings is 1. The first-order valence-corrected chi connectivity index (χ1v) is 10.6. The van der Waals surface area contributed by atoms with E-state index in [2.05, 4.69) is 10.3 Å². The average Bonchev–Trinajstić information content (AvgIpc) is 3.01. The monoisotopic (exact) mass is 439 g/mol. The van der Waals surface area contributed by atoms with E-state index in [1.165, 1.54) is 12.0 Å². The second-order valence-corrected chi connectivity index (χ2v) is 8.02. The number of carbonyl (C=O) groups excluding carboxylic acids is 3. The van der Waals surface area contributed by atoms with Crippen LogP contribution in [0.4, 0.5) is 0 Å². The minimum atomic E-state index is -1.23. The number of hydrogen-bond donors (Lipinski definition) is 1. The van der Waals surface area contributed by atoms with Gasteiger partial charge in [-0.2, -0.15) is 0 Å². The van der Waals surface area contributed by atoms with Crippen LogP contribution >= 0.6 is 0 Å². The Hall–Kier alpha value is -3.26. The molecule has 0 unspecified atom stereocenters. The van der Waals surface area contributed by atoms with E-state index in [-0.39, 0.29) is 56.4 Å². The van der Waals surface area contributed by atoms with Crippen molar-refractivity contribution in [2.75, 3.05) is 26.8 Å². The van der Waals surface area contributed by atoms with Crippen molar-refractivity contribution in [3.8, 4) is 5.75 Å². The summed E-state index contributed by atoms with van der Waals surface area (Å²) < 4.78 is 10.8. The molecule has 0 radical (unpaired) electrons. The molecule has 1 aromatic heterocycles. The first-order valence-electron chi connectivity index (χ1n) is 10.6. The molecule has 1 aliphatic rings. The highest BCUT2D eigenvalue weighted by molar-refractivity contribution is 6.11. The average molecular weight is 440 g/mol. The Balaban J connectivity index is 1.75. The minimum Gasteiger partial charge on any atom is -0.487 e. The van der Waals surface area contributed by atoms with Crippen LogP contribution in [0.2, 0.25) is 0 Å². The summed E-state index contributed by atoms with van der Waals surface area (Å²) in [5.74, 6) is -0.361. The van der Waals surface area contributed by atoms with Gasteiger partial charge in [-0.1, -0.05) is 24.3 Å². The molecule has 1 aliphatic heterocycles. The lowest BCUT2D eigenvalue weighted by Gasteiger charge is -2.28. The lowest BCUT2D eigenvalue weighted by molar-refractivity contribution is -0.141. The fourth-order valence-electron chi connectivity index (χ4n) is 4.05. The van der Waals surface area contributed by atoms with E-state index < -0.39 is 5.41 Å². The second-order valence-electron chi connectivity index (χ2n) is 8.02. The van der Waals surface area contributed by atoms with Crippen molar-refractivity contribution in [1.29, 1.82) is 0 Å². The Labute approximate surface area is 187 Å². The molecular weight excluding hydrogens is 410 g/mol. The predicted molar refractivity (Wildman–Crippen MR) is 118 cm³/mol. The van der Waals surface area contributed by atoms with Crippen LogP contribution in [-0.2, 0) is 24.5 Å². The van der Waals surface area contributed by atoms with Crippen LogP contribution in [0.1, 0.15) is 30.9 Å². The van der Waals surface area contributed by atoms with Crippen LogP contribution in [0, 0.1) is 6.92 Å². The molecule has 8 heteroatoms. The SMILES string of the molecule is COCCN1C(=O)C[C@@](CC(=O)NC[C@H](C)Oc2cccnc2)(c2ccccc2C)C1=O. The molecule has 0 spiro atoms. The molecule has 170 valence electrons. The highest BCUT2D eigenvalue weighted by Gasteiger charge is 2.54. The number of carbonyl (C=O) groups is 3. The van der Waals surface area contributed by atoms with E-state index in [4.69, 9.17) is 9.47 Å². The molecule has 2 aromatic rings. The summed E-state index contributed by atoms with van der Waals surface area (Å²) in [6.45, 7) is 4.39. The largest absolute Gasteiger partial charge is 0.487 e. The number of nitrogens with zero attached hydrogens (tertiary/aromatic N) is 2. The summed E-state index contributed by atoms with van der Waals surface area (Å²) in [6, 6.07) is 11.0. The molecule has 0 aliphatic carbocycles. The van der Waals surface area contributed by atoms with Gasteiger partial charge in [0.05, 0.1) is 31.3 Å². The molecule has 0 saturated carbocycles.